The van der Waals surface area contributed by atoms with E-state index in [1.807, 2.05) is 26.0 Å². The number of nitrogens with two attached hydrogens (primary N) is 1. The van der Waals surface area contributed by atoms with Crippen molar-refractivity contribution in [2.45, 2.75) is 25.9 Å². The molecule has 0 unspecified atom stereocenters. The van der Waals surface area contributed by atoms with Crippen LogP contribution in [-0.2, 0) is 9.53 Å². The Morgan fingerprint density at radius 2 is 2.06 bits per heavy atom. The Morgan fingerprint density at radius 1 is 1.44 bits per heavy atom. The number of anilines is 1. The van der Waals surface area contributed by atoms with E-state index in [4.69, 9.17) is 22.7 Å². The van der Waals surface area contributed by atoms with Crippen molar-refractivity contribution in [3.05, 3.63) is 29.8 Å². The number of thiocarbonyl (C=S) groups is 1. The van der Waals surface area contributed by atoms with E-state index in [1.165, 1.54) is 0 Å². The van der Waals surface area contributed by atoms with Gasteiger partial charge in [0.2, 0.25) is 5.91 Å². The zero-order chi connectivity index (χ0) is 13.8. The molecule has 98 valence electrons. The van der Waals surface area contributed by atoms with E-state index in [1.54, 1.807) is 19.2 Å². The number of para-hydroxylation sites is 1. The lowest BCUT2D eigenvalue weighted by Crippen LogP contribution is -2.30. The van der Waals surface area contributed by atoms with E-state index in [2.05, 4.69) is 5.32 Å². The lowest BCUT2D eigenvalue weighted by Gasteiger charge is -2.22. The molecule has 1 rings (SSSR count). The molecule has 3 N–H and O–H groups in total. The summed E-state index contributed by atoms with van der Waals surface area (Å²) in [6, 6.07) is 7.19. The van der Waals surface area contributed by atoms with Crippen LogP contribution < -0.4 is 11.1 Å². The first-order valence-electron chi connectivity index (χ1n) is 5.59. The maximum absolute atomic E-state index is 11.9. The molecule has 0 saturated carbocycles. The van der Waals surface area contributed by atoms with Gasteiger partial charge in [-0.05, 0) is 26.0 Å². The zero-order valence-corrected chi connectivity index (χ0v) is 11.6. The normalized spacial score (nSPS) is 11.1. The van der Waals surface area contributed by atoms with Gasteiger partial charge in [-0.25, -0.2) is 0 Å². The second kappa shape index (κ2) is 5.93. The Hall–Kier alpha value is -1.46. The minimum absolute atomic E-state index is 0.134. The largest absolute Gasteiger partial charge is 0.389 e. The van der Waals surface area contributed by atoms with Crippen LogP contribution in [0.3, 0.4) is 0 Å². The fourth-order valence-electron chi connectivity index (χ4n) is 1.46. The smallest absolute Gasteiger partial charge is 0.227 e. The predicted octanol–water partition coefficient (Wildman–Crippen LogP) is 2.07. The molecule has 0 heterocycles. The first-order valence-corrected chi connectivity index (χ1v) is 6.00. The molecule has 0 aromatic heterocycles. The molecule has 0 aliphatic rings. The van der Waals surface area contributed by atoms with Crippen LogP contribution in [0.5, 0.6) is 0 Å². The van der Waals surface area contributed by atoms with Crippen molar-refractivity contribution in [2.24, 2.45) is 5.73 Å². The standard InChI is InChI=1S/C13H18N2O2S/c1-13(2,17-3)8-11(16)15-10-7-5-4-6-9(10)12(14)18/h4-7H,8H2,1-3H3,(H2,14,18)(H,15,16). The molecule has 0 saturated heterocycles. The molecule has 1 aromatic carbocycles. The van der Waals surface area contributed by atoms with Gasteiger partial charge in [0.25, 0.3) is 0 Å². The molecule has 0 aliphatic heterocycles. The number of carbonyl (C=O) groups excluding carboxylic acids is 1. The Morgan fingerprint density at radius 3 is 2.61 bits per heavy atom. The second-order valence-corrected chi connectivity index (χ2v) is 5.04. The lowest BCUT2D eigenvalue weighted by molar-refractivity contribution is -0.121. The van der Waals surface area contributed by atoms with Gasteiger partial charge in [0.15, 0.2) is 0 Å². The van der Waals surface area contributed by atoms with Gasteiger partial charge < -0.3 is 15.8 Å². The fourth-order valence-corrected chi connectivity index (χ4v) is 1.64. The molecule has 5 heteroatoms. The Bertz CT molecular complexity index is 458. The van der Waals surface area contributed by atoms with Gasteiger partial charge in [-0.15, -0.1) is 0 Å². The van der Waals surface area contributed by atoms with Crippen molar-refractivity contribution >= 4 is 28.8 Å². The van der Waals surface area contributed by atoms with Crippen molar-refractivity contribution in [3.8, 4) is 0 Å². The molecule has 1 aromatic rings. The summed E-state index contributed by atoms with van der Waals surface area (Å²) in [5, 5.41) is 2.80. The van der Waals surface area contributed by atoms with E-state index in [-0.39, 0.29) is 17.3 Å². The summed E-state index contributed by atoms with van der Waals surface area (Å²) in [6.07, 6.45) is 0.259. The molecule has 0 bridgehead atoms. The lowest BCUT2D eigenvalue weighted by atomic mass is 10.0. The average Bonchev–Trinajstić information content (AvgIpc) is 2.28. The van der Waals surface area contributed by atoms with Crippen molar-refractivity contribution in [2.75, 3.05) is 12.4 Å². The highest BCUT2D eigenvalue weighted by Crippen LogP contribution is 2.18. The number of nitrogens with one attached hydrogen (secondary N) is 1. The highest BCUT2D eigenvalue weighted by molar-refractivity contribution is 7.80. The number of rotatable bonds is 5. The maximum Gasteiger partial charge on any atom is 0.227 e. The van der Waals surface area contributed by atoms with Gasteiger partial charge in [-0.3, -0.25) is 4.79 Å². The van der Waals surface area contributed by atoms with Crippen LogP contribution in [0.1, 0.15) is 25.8 Å². The summed E-state index contributed by atoms with van der Waals surface area (Å²) in [7, 11) is 1.58. The molecule has 0 atom stereocenters. The van der Waals surface area contributed by atoms with Crippen LogP contribution in [0.25, 0.3) is 0 Å². The Kier molecular flexibility index (Phi) is 4.81. The number of hydrogen-bond donors (Lipinski definition) is 2. The minimum atomic E-state index is -0.498. The van der Waals surface area contributed by atoms with Crippen LogP contribution in [0.15, 0.2) is 24.3 Å². The Balaban J connectivity index is 2.80. The summed E-state index contributed by atoms with van der Waals surface area (Å²) in [4.78, 5) is 12.1. The SMILES string of the molecule is COC(C)(C)CC(=O)Nc1ccccc1C(N)=S. The quantitative estimate of drug-likeness (QED) is 0.801. The van der Waals surface area contributed by atoms with E-state index in [0.717, 1.165) is 0 Å². The third kappa shape index (κ3) is 4.09. The van der Waals surface area contributed by atoms with Crippen molar-refractivity contribution in [1.29, 1.82) is 0 Å². The van der Waals surface area contributed by atoms with Crippen LogP contribution in [0.4, 0.5) is 5.69 Å². The van der Waals surface area contributed by atoms with Crippen LogP contribution in [0, 0.1) is 0 Å². The van der Waals surface area contributed by atoms with E-state index < -0.39 is 5.60 Å². The first-order chi connectivity index (χ1) is 8.35. The third-order valence-corrected chi connectivity index (χ3v) is 2.83. The summed E-state index contributed by atoms with van der Waals surface area (Å²) in [6.45, 7) is 3.71. The first kappa shape index (κ1) is 14.6. The zero-order valence-electron chi connectivity index (χ0n) is 10.8. The van der Waals surface area contributed by atoms with Gasteiger partial charge in [-0.1, -0.05) is 24.4 Å². The summed E-state index contributed by atoms with van der Waals surface area (Å²) in [5.41, 5.74) is 6.39. The Labute approximate surface area is 113 Å². The molecular weight excluding hydrogens is 248 g/mol. The molecule has 0 fully saturated rings. The predicted molar refractivity (Wildman–Crippen MR) is 76.7 cm³/mol. The average molecular weight is 266 g/mol. The van der Waals surface area contributed by atoms with Crippen LogP contribution in [-0.4, -0.2) is 23.6 Å². The van der Waals surface area contributed by atoms with Gasteiger partial charge in [0.05, 0.1) is 17.7 Å². The summed E-state index contributed by atoms with van der Waals surface area (Å²) < 4.78 is 5.21. The number of carbonyl (C=O) groups is 1. The summed E-state index contributed by atoms with van der Waals surface area (Å²) >= 11 is 4.94. The molecule has 4 nitrogen and oxygen atoms in total. The monoisotopic (exact) mass is 266 g/mol. The van der Waals surface area contributed by atoms with Gasteiger partial charge >= 0.3 is 0 Å². The van der Waals surface area contributed by atoms with E-state index in [0.29, 0.717) is 11.3 Å². The van der Waals surface area contributed by atoms with Gasteiger partial charge in [-0.2, -0.15) is 0 Å². The van der Waals surface area contributed by atoms with E-state index >= 15 is 0 Å². The number of hydrogen-bond acceptors (Lipinski definition) is 3. The number of amides is 1. The molecular formula is C13H18N2O2S. The highest BCUT2D eigenvalue weighted by Gasteiger charge is 2.21. The molecule has 1 amide bonds. The number of ether oxygens (including phenoxy) is 1. The van der Waals surface area contributed by atoms with Crippen molar-refractivity contribution in [1.82, 2.24) is 0 Å². The number of methoxy groups -OCH3 is 1. The molecule has 0 radical (unpaired) electrons. The maximum atomic E-state index is 11.9. The third-order valence-electron chi connectivity index (χ3n) is 2.61. The molecule has 0 aliphatic carbocycles. The molecule has 18 heavy (non-hydrogen) atoms. The summed E-state index contributed by atoms with van der Waals surface area (Å²) in [5.74, 6) is -0.134. The van der Waals surface area contributed by atoms with E-state index in [9.17, 15) is 4.79 Å². The highest BCUT2D eigenvalue weighted by atomic mass is 32.1. The molecule has 0 spiro atoms. The van der Waals surface area contributed by atoms with Crippen molar-refractivity contribution in [3.63, 3.8) is 0 Å². The number of benzene rings is 1. The fraction of sp³-hybridized carbons (Fsp3) is 0.385. The topological polar surface area (TPSA) is 64.3 Å². The van der Waals surface area contributed by atoms with Gasteiger partial charge in [0.1, 0.15) is 4.99 Å². The minimum Gasteiger partial charge on any atom is -0.389 e. The second-order valence-electron chi connectivity index (χ2n) is 4.60. The van der Waals surface area contributed by atoms with Crippen molar-refractivity contribution < 1.29 is 9.53 Å². The van der Waals surface area contributed by atoms with Crippen LogP contribution >= 0.6 is 12.2 Å². The van der Waals surface area contributed by atoms with Gasteiger partial charge in [0, 0.05) is 12.7 Å². The van der Waals surface area contributed by atoms with Crippen LogP contribution in [0.2, 0.25) is 0 Å².